The van der Waals surface area contributed by atoms with Crippen LogP contribution in [0.1, 0.15) is 6.42 Å². The Bertz CT molecular complexity index is 592. The highest BCUT2D eigenvalue weighted by Gasteiger charge is 2.33. The van der Waals surface area contributed by atoms with Gasteiger partial charge in [0.15, 0.2) is 0 Å². The van der Waals surface area contributed by atoms with Crippen molar-refractivity contribution in [1.82, 2.24) is 5.32 Å². The minimum Gasteiger partial charge on any atom is -0.497 e. The standard InChI is InChI=1S/C14H16N2O5S/c1-21-9-4-2-3-8(5-9)15-12(17)6-11-13(18)16-10(7-22-11)14(19)20/h2-5,10-11H,6-7H2,1H3,(H,15,17)(H,16,18)(H,19,20)/t10-,11+/m1/s1. The predicted molar refractivity (Wildman–Crippen MR) is 82.1 cm³/mol. The monoisotopic (exact) mass is 324 g/mol. The van der Waals surface area contributed by atoms with E-state index < -0.39 is 23.2 Å². The number of benzene rings is 1. The van der Waals surface area contributed by atoms with Crippen LogP contribution < -0.4 is 15.4 Å². The molecule has 1 fully saturated rings. The molecule has 0 aromatic heterocycles. The SMILES string of the molecule is COc1cccc(NC(=O)C[C@@H]2SC[C@H](C(=O)O)NC2=O)c1. The van der Waals surface area contributed by atoms with Gasteiger partial charge in [0.2, 0.25) is 11.8 Å². The fourth-order valence-electron chi connectivity index (χ4n) is 1.96. The highest BCUT2D eigenvalue weighted by atomic mass is 32.2. The Labute approximate surface area is 131 Å². The maximum absolute atomic E-state index is 12.0. The van der Waals surface area contributed by atoms with E-state index in [4.69, 9.17) is 9.84 Å². The van der Waals surface area contributed by atoms with Gasteiger partial charge in [-0.3, -0.25) is 9.59 Å². The van der Waals surface area contributed by atoms with E-state index in [1.54, 1.807) is 24.3 Å². The molecule has 0 bridgehead atoms. The summed E-state index contributed by atoms with van der Waals surface area (Å²) in [7, 11) is 1.53. The Kier molecular flexibility index (Phi) is 5.26. The maximum atomic E-state index is 12.0. The Balaban J connectivity index is 1.89. The van der Waals surface area contributed by atoms with E-state index in [-0.39, 0.29) is 18.1 Å². The number of methoxy groups -OCH3 is 1. The summed E-state index contributed by atoms with van der Waals surface area (Å²) in [6.07, 6.45) is -0.0138. The van der Waals surface area contributed by atoms with Crippen LogP contribution >= 0.6 is 11.8 Å². The largest absolute Gasteiger partial charge is 0.497 e. The zero-order valence-electron chi connectivity index (χ0n) is 11.9. The summed E-state index contributed by atoms with van der Waals surface area (Å²) in [6, 6.07) is 6.00. The van der Waals surface area contributed by atoms with Gasteiger partial charge in [-0.1, -0.05) is 6.07 Å². The first-order valence-corrected chi connectivity index (χ1v) is 7.63. The van der Waals surface area contributed by atoms with Gasteiger partial charge in [0, 0.05) is 23.9 Å². The van der Waals surface area contributed by atoms with E-state index in [1.165, 1.54) is 18.9 Å². The number of thioether (sulfide) groups is 1. The number of carboxylic acid groups (broad SMARTS) is 1. The van der Waals surface area contributed by atoms with Crippen molar-refractivity contribution in [3.63, 3.8) is 0 Å². The summed E-state index contributed by atoms with van der Waals surface area (Å²) in [6.45, 7) is 0. The second-order valence-electron chi connectivity index (χ2n) is 4.71. The highest BCUT2D eigenvalue weighted by Crippen LogP contribution is 2.22. The summed E-state index contributed by atoms with van der Waals surface area (Å²) in [5.74, 6) is -0.941. The number of amides is 2. The number of rotatable bonds is 5. The quantitative estimate of drug-likeness (QED) is 0.737. The molecule has 0 saturated carbocycles. The molecule has 1 aliphatic heterocycles. The normalized spacial score (nSPS) is 20.9. The van der Waals surface area contributed by atoms with Gasteiger partial charge >= 0.3 is 5.97 Å². The average molecular weight is 324 g/mol. The molecule has 0 aliphatic carbocycles. The number of carbonyl (C=O) groups excluding carboxylic acids is 2. The van der Waals surface area contributed by atoms with Crippen LogP contribution in [0.3, 0.4) is 0 Å². The maximum Gasteiger partial charge on any atom is 0.327 e. The number of anilines is 1. The molecule has 0 spiro atoms. The first-order valence-electron chi connectivity index (χ1n) is 6.58. The molecular weight excluding hydrogens is 308 g/mol. The van der Waals surface area contributed by atoms with Gasteiger partial charge in [0.05, 0.1) is 12.4 Å². The minimum absolute atomic E-state index is 0.0138. The van der Waals surface area contributed by atoms with Crippen LogP contribution in [-0.2, 0) is 14.4 Å². The fourth-order valence-corrected chi connectivity index (χ4v) is 3.10. The molecule has 7 nitrogen and oxygen atoms in total. The van der Waals surface area contributed by atoms with Crippen LogP contribution in [0, 0.1) is 0 Å². The fraction of sp³-hybridized carbons (Fsp3) is 0.357. The molecule has 1 aromatic carbocycles. The van der Waals surface area contributed by atoms with Gasteiger partial charge in [-0.25, -0.2) is 4.79 Å². The molecular formula is C14H16N2O5S. The first-order chi connectivity index (χ1) is 10.5. The van der Waals surface area contributed by atoms with Crippen LogP contribution in [0.5, 0.6) is 5.75 Å². The lowest BCUT2D eigenvalue weighted by Crippen LogP contribution is -2.51. The van der Waals surface area contributed by atoms with Crippen molar-refractivity contribution < 1.29 is 24.2 Å². The summed E-state index contributed by atoms with van der Waals surface area (Å²) >= 11 is 1.18. The van der Waals surface area contributed by atoms with E-state index in [9.17, 15) is 14.4 Å². The second kappa shape index (κ2) is 7.17. The van der Waals surface area contributed by atoms with Crippen LogP contribution in [0.15, 0.2) is 24.3 Å². The van der Waals surface area contributed by atoms with Crippen molar-refractivity contribution in [3.8, 4) is 5.75 Å². The molecule has 2 atom stereocenters. The van der Waals surface area contributed by atoms with Crippen molar-refractivity contribution in [2.24, 2.45) is 0 Å². The Morgan fingerprint density at radius 2 is 2.27 bits per heavy atom. The zero-order chi connectivity index (χ0) is 16.1. The van der Waals surface area contributed by atoms with Gasteiger partial charge in [-0.2, -0.15) is 0 Å². The lowest BCUT2D eigenvalue weighted by molar-refractivity contribution is -0.141. The molecule has 3 N–H and O–H groups in total. The topological polar surface area (TPSA) is 105 Å². The van der Waals surface area contributed by atoms with Crippen molar-refractivity contribution in [2.45, 2.75) is 17.7 Å². The number of hydrogen-bond donors (Lipinski definition) is 3. The van der Waals surface area contributed by atoms with Crippen LogP contribution in [0.25, 0.3) is 0 Å². The molecule has 22 heavy (non-hydrogen) atoms. The smallest absolute Gasteiger partial charge is 0.327 e. The molecule has 118 valence electrons. The molecule has 2 amide bonds. The number of carboxylic acids is 1. The third-order valence-corrected chi connectivity index (χ3v) is 4.40. The predicted octanol–water partition coefficient (Wildman–Crippen LogP) is 0.709. The summed E-state index contributed by atoms with van der Waals surface area (Å²) in [5.41, 5.74) is 0.578. The van der Waals surface area contributed by atoms with Crippen molar-refractivity contribution in [3.05, 3.63) is 24.3 Å². The van der Waals surface area contributed by atoms with Crippen LogP contribution in [-0.4, -0.2) is 47.0 Å². The molecule has 2 rings (SSSR count). The summed E-state index contributed by atoms with van der Waals surface area (Å²) in [5, 5.41) is 13.4. The third kappa shape index (κ3) is 4.14. The van der Waals surface area contributed by atoms with Crippen molar-refractivity contribution in [2.75, 3.05) is 18.2 Å². The second-order valence-corrected chi connectivity index (χ2v) is 5.94. The molecule has 1 aliphatic rings. The van der Waals surface area contributed by atoms with E-state index >= 15 is 0 Å². The number of nitrogens with one attached hydrogen (secondary N) is 2. The summed E-state index contributed by atoms with van der Waals surface area (Å²) in [4.78, 5) is 34.6. The first kappa shape index (κ1) is 16.2. The Morgan fingerprint density at radius 1 is 1.50 bits per heavy atom. The molecule has 1 saturated heterocycles. The van der Waals surface area contributed by atoms with Gasteiger partial charge in [-0.05, 0) is 12.1 Å². The lowest BCUT2D eigenvalue weighted by atomic mass is 10.2. The number of ether oxygens (including phenoxy) is 1. The van der Waals surface area contributed by atoms with E-state index in [2.05, 4.69) is 10.6 Å². The van der Waals surface area contributed by atoms with Gasteiger partial charge < -0.3 is 20.5 Å². The molecule has 8 heteroatoms. The van der Waals surface area contributed by atoms with Gasteiger partial charge in [-0.15, -0.1) is 11.8 Å². The highest BCUT2D eigenvalue weighted by molar-refractivity contribution is 8.00. The Hall–Kier alpha value is -2.22. The number of hydrogen-bond acceptors (Lipinski definition) is 5. The van der Waals surface area contributed by atoms with E-state index in [0.717, 1.165) is 0 Å². The van der Waals surface area contributed by atoms with Crippen LogP contribution in [0.2, 0.25) is 0 Å². The number of aliphatic carboxylic acids is 1. The minimum atomic E-state index is -1.07. The van der Waals surface area contributed by atoms with E-state index in [1.807, 2.05) is 0 Å². The zero-order valence-corrected chi connectivity index (χ0v) is 12.7. The molecule has 0 unspecified atom stereocenters. The van der Waals surface area contributed by atoms with E-state index in [0.29, 0.717) is 11.4 Å². The van der Waals surface area contributed by atoms with Crippen molar-refractivity contribution >= 4 is 35.2 Å². The third-order valence-electron chi connectivity index (χ3n) is 3.10. The molecule has 1 heterocycles. The number of carbonyl (C=O) groups is 3. The van der Waals surface area contributed by atoms with Gasteiger partial charge in [0.1, 0.15) is 11.8 Å². The molecule has 0 radical (unpaired) electrons. The van der Waals surface area contributed by atoms with Crippen molar-refractivity contribution in [1.29, 1.82) is 0 Å². The van der Waals surface area contributed by atoms with Crippen LogP contribution in [0.4, 0.5) is 5.69 Å². The molecule has 1 aromatic rings. The lowest BCUT2D eigenvalue weighted by Gasteiger charge is -2.25. The average Bonchev–Trinajstić information content (AvgIpc) is 2.49. The van der Waals surface area contributed by atoms with Gasteiger partial charge in [0.25, 0.3) is 0 Å². The Morgan fingerprint density at radius 3 is 2.91 bits per heavy atom. The summed E-state index contributed by atoms with van der Waals surface area (Å²) < 4.78 is 5.06.